The summed E-state index contributed by atoms with van der Waals surface area (Å²) in [4.78, 5) is 6.44. The minimum atomic E-state index is 0.715. The van der Waals surface area contributed by atoms with Crippen LogP contribution in [0.1, 0.15) is 74.9 Å². The topological polar surface area (TPSA) is 24.9 Å². The van der Waals surface area contributed by atoms with Crippen LogP contribution in [0.4, 0.5) is 0 Å². The zero-order valence-electron chi connectivity index (χ0n) is 13.5. The summed E-state index contributed by atoms with van der Waals surface area (Å²) in [6.07, 6.45) is 6.55. The maximum Gasteiger partial charge on any atom is 0.0962 e. The fourth-order valence-corrected chi connectivity index (χ4v) is 4.40. The number of rotatable bonds is 6. The maximum atomic E-state index is 4.96. The Morgan fingerprint density at radius 2 is 2.15 bits per heavy atom. The Bertz CT molecular complexity index is 411. The molecule has 2 atom stereocenters. The molecule has 20 heavy (non-hydrogen) atoms. The van der Waals surface area contributed by atoms with Gasteiger partial charge in [-0.15, -0.1) is 11.3 Å². The van der Waals surface area contributed by atoms with Crippen molar-refractivity contribution in [2.75, 3.05) is 6.54 Å². The number of aromatic nitrogens is 1. The van der Waals surface area contributed by atoms with E-state index in [1.807, 2.05) is 11.3 Å². The van der Waals surface area contributed by atoms with Gasteiger partial charge in [-0.1, -0.05) is 40.5 Å². The fraction of sp³-hybridized carbons (Fsp3) is 0.824. The molecule has 3 heteroatoms. The average molecular weight is 295 g/mol. The van der Waals surface area contributed by atoms with Crippen molar-refractivity contribution in [3.05, 3.63) is 15.6 Å². The van der Waals surface area contributed by atoms with Crippen molar-refractivity contribution in [2.45, 2.75) is 72.3 Å². The van der Waals surface area contributed by atoms with Gasteiger partial charge < -0.3 is 5.32 Å². The van der Waals surface area contributed by atoms with E-state index in [2.05, 4.69) is 33.0 Å². The average Bonchev–Trinajstić information content (AvgIpc) is 2.81. The number of nitrogens with zero attached hydrogens (tertiary/aromatic N) is 1. The number of thiazole rings is 1. The Labute approximate surface area is 128 Å². The van der Waals surface area contributed by atoms with Gasteiger partial charge >= 0.3 is 0 Å². The molecule has 0 aromatic carbocycles. The summed E-state index contributed by atoms with van der Waals surface area (Å²) in [7, 11) is 0. The summed E-state index contributed by atoms with van der Waals surface area (Å²) >= 11 is 1.97. The van der Waals surface area contributed by atoms with Crippen LogP contribution in [-0.2, 0) is 13.0 Å². The van der Waals surface area contributed by atoms with Gasteiger partial charge in [0.2, 0.25) is 0 Å². The van der Waals surface area contributed by atoms with Crippen LogP contribution in [0.2, 0.25) is 0 Å². The number of aryl methyl sites for hydroxylation is 1. The molecule has 2 unspecified atom stereocenters. The molecular weight excluding hydrogens is 264 g/mol. The van der Waals surface area contributed by atoms with Crippen LogP contribution in [0.25, 0.3) is 0 Å². The molecule has 1 aromatic rings. The summed E-state index contributed by atoms with van der Waals surface area (Å²) in [5.74, 6) is 2.32. The molecule has 0 bridgehead atoms. The van der Waals surface area contributed by atoms with Gasteiger partial charge in [0.05, 0.1) is 10.7 Å². The molecule has 2 nitrogen and oxygen atoms in total. The highest BCUT2D eigenvalue weighted by Crippen LogP contribution is 2.38. The highest BCUT2D eigenvalue weighted by atomic mass is 32.1. The van der Waals surface area contributed by atoms with Gasteiger partial charge in [0.1, 0.15) is 0 Å². The van der Waals surface area contributed by atoms with Gasteiger partial charge in [0, 0.05) is 17.3 Å². The van der Waals surface area contributed by atoms with Crippen molar-refractivity contribution in [1.29, 1.82) is 0 Å². The van der Waals surface area contributed by atoms with Crippen LogP contribution in [0.3, 0.4) is 0 Å². The third kappa shape index (κ3) is 4.29. The SMILES string of the molecule is CCc1nc(C2CCCC(C)C2)sc1CNCC(C)C. The van der Waals surface area contributed by atoms with Crippen LogP contribution in [-0.4, -0.2) is 11.5 Å². The van der Waals surface area contributed by atoms with E-state index in [-0.39, 0.29) is 0 Å². The zero-order chi connectivity index (χ0) is 14.5. The third-order valence-electron chi connectivity index (χ3n) is 4.25. The third-order valence-corrected chi connectivity index (χ3v) is 5.51. The van der Waals surface area contributed by atoms with E-state index < -0.39 is 0 Å². The summed E-state index contributed by atoms with van der Waals surface area (Å²) in [6, 6.07) is 0. The standard InChI is InChI=1S/C17H30N2S/c1-5-15-16(11-18-10-12(2)3)20-17(19-15)14-8-6-7-13(4)9-14/h12-14,18H,5-11H2,1-4H3. The highest BCUT2D eigenvalue weighted by molar-refractivity contribution is 7.11. The monoisotopic (exact) mass is 294 g/mol. The Morgan fingerprint density at radius 1 is 1.35 bits per heavy atom. The van der Waals surface area contributed by atoms with Crippen LogP contribution in [0, 0.1) is 11.8 Å². The van der Waals surface area contributed by atoms with Gasteiger partial charge in [-0.2, -0.15) is 0 Å². The second-order valence-electron chi connectivity index (χ2n) is 6.77. The minimum absolute atomic E-state index is 0.715. The van der Waals surface area contributed by atoms with E-state index in [4.69, 9.17) is 4.98 Å². The summed E-state index contributed by atoms with van der Waals surface area (Å²) < 4.78 is 0. The van der Waals surface area contributed by atoms with Gasteiger partial charge in [0.25, 0.3) is 0 Å². The molecule has 114 valence electrons. The minimum Gasteiger partial charge on any atom is -0.312 e. The first-order valence-electron chi connectivity index (χ1n) is 8.29. The van der Waals surface area contributed by atoms with Gasteiger partial charge in [-0.25, -0.2) is 4.98 Å². The molecule has 0 aliphatic heterocycles. The van der Waals surface area contributed by atoms with Crippen molar-refractivity contribution in [3.63, 3.8) is 0 Å². The lowest BCUT2D eigenvalue weighted by Gasteiger charge is -2.24. The van der Waals surface area contributed by atoms with Crippen LogP contribution >= 0.6 is 11.3 Å². The molecule has 0 radical (unpaired) electrons. The van der Waals surface area contributed by atoms with Crippen molar-refractivity contribution < 1.29 is 0 Å². The first-order valence-corrected chi connectivity index (χ1v) is 9.11. The van der Waals surface area contributed by atoms with Gasteiger partial charge in [0.15, 0.2) is 0 Å². The quantitative estimate of drug-likeness (QED) is 0.819. The fourth-order valence-electron chi connectivity index (χ4n) is 3.13. The first kappa shape index (κ1) is 16.0. The van der Waals surface area contributed by atoms with E-state index in [0.29, 0.717) is 5.92 Å². The summed E-state index contributed by atoms with van der Waals surface area (Å²) in [5, 5.41) is 4.98. The lowest BCUT2D eigenvalue weighted by molar-refractivity contribution is 0.343. The normalized spacial score (nSPS) is 23.4. The maximum absolute atomic E-state index is 4.96. The number of hydrogen-bond donors (Lipinski definition) is 1. The van der Waals surface area contributed by atoms with Gasteiger partial charge in [-0.05, 0) is 37.6 Å². The molecule has 2 rings (SSSR count). The largest absolute Gasteiger partial charge is 0.312 e. The molecule has 1 aromatic heterocycles. The molecule has 0 saturated heterocycles. The van der Waals surface area contributed by atoms with Crippen molar-refractivity contribution >= 4 is 11.3 Å². The highest BCUT2D eigenvalue weighted by Gasteiger charge is 2.24. The zero-order valence-corrected chi connectivity index (χ0v) is 14.4. The molecular formula is C17H30N2S. The molecule has 1 aliphatic rings. The molecule has 1 heterocycles. The lowest BCUT2D eigenvalue weighted by atomic mass is 9.83. The van der Waals surface area contributed by atoms with Crippen LogP contribution in [0.5, 0.6) is 0 Å². The van der Waals surface area contributed by atoms with Gasteiger partial charge in [-0.3, -0.25) is 0 Å². The molecule has 0 spiro atoms. The van der Waals surface area contributed by atoms with Crippen molar-refractivity contribution in [2.24, 2.45) is 11.8 Å². The molecule has 1 saturated carbocycles. The van der Waals surface area contributed by atoms with Crippen molar-refractivity contribution in [1.82, 2.24) is 10.3 Å². The molecule has 0 amide bonds. The van der Waals surface area contributed by atoms with E-state index in [0.717, 1.165) is 31.3 Å². The molecule has 1 aliphatic carbocycles. The van der Waals surface area contributed by atoms with E-state index in [1.54, 1.807) is 0 Å². The summed E-state index contributed by atoms with van der Waals surface area (Å²) in [6.45, 7) is 11.2. The smallest absolute Gasteiger partial charge is 0.0962 e. The predicted molar refractivity (Wildman–Crippen MR) is 88.4 cm³/mol. The second-order valence-corrected chi connectivity index (χ2v) is 7.88. The molecule has 1 N–H and O–H groups in total. The van der Waals surface area contributed by atoms with E-state index in [9.17, 15) is 0 Å². The second kappa shape index (κ2) is 7.56. The van der Waals surface area contributed by atoms with Crippen molar-refractivity contribution in [3.8, 4) is 0 Å². The Morgan fingerprint density at radius 3 is 2.80 bits per heavy atom. The van der Waals surface area contributed by atoms with E-state index in [1.165, 1.54) is 41.3 Å². The Hall–Kier alpha value is -0.410. The lowest BCUT2D eigenvalue weighted by Crippen LogP contribution is -2.18. The number of hydrogen-bond acceptors (Lipinski definition) is 3. The summed E-state index contributed by atoms with van der Waals surface area (Å²) in [5.41, 5.74) is 1.33. The van der Waals surface area contributed by atoms with E-state index >= 15 is 0 Å². The Kier molecular flexibility index (Phi) is 6.03. The molecule has 1 fully saturated rings. The first-order chi connectivity index (χ1) is 9.60. The predicted octanol–water partition coefficient (Wildman–Crippen LogP) is 4.74. The van der Waals surface area contributed by atoms with Crippen LogP contribution < -0.4 is 5.32 Å². The Balaban J connectivity index is 2.01. The van der Waals surface area contributed by atoms with Crippen LogP contribution in [0.15, 0.2) is 0 Å². The number of nitrogens with one attached hydrogen (secondary N) is 1.